The number of nitrogens with zero attached hydrogens (tertiary/aromatic N) is 1. The first kappa shape index (κ1) is 8.17. The summed E-state index contributed by atoms with van der Waals surface area (Å²) in [5.41, 5.74) is 1.40. The average Bonchev–Trinajstić information content (AvgIpc) is 2.04. The molecule has 0 aromatic heterocycles. The number of aryl methyl sites for hydroxylation is 1. The number of benzene rings is 1. The smallest absolute Gasteiger partial charge is 0.152 e. The maximum atomic E-state index is 9.31. The molecule has 0 radical (unpaired) electrons. The van der Waals surface area contributed by atoms with E-state index in [9.17, 15) is 5.11 Å². The molecule has 0 aliphatic carbocycles. The zero-order valence-electron chi connectivity index (χ0n) is 6.63. The van der Waals surface area contributed by atoms with Crippen molar-refractivity contribution in [2.45, 2.75) is 6.92 Å². The van der Waals surface area contributed by atoms with Crippen LogP contribution in [0.2, 0.25) is 0 Å². The third-order valence-electron chi connectivity index (χ3n) is 1.49. The fourth-order valence-electron chi connectivity index (χ4n) is 0.905. The molecule has 1 N–H and O–H groups in total. The third-order valence-corrected chi connectivity index (χ3v) is 1.49. The van der Waals surface area contributed by atoms with Gasteiger partial charge in [0.15, 0.2) is 6.07 Å². The Bertz CT molecular complexity index is 370. The number of hydrogen-bond donors (Lipinski definition) is 1. The van der Waals surface area contributed by atoms with E-state index in [-0.39, 0.29) is 5.75 Å². The largest absolute Gasteiger partial charge is 0.507 e. The van der Waals surface area contributed by atoms with Crippen LogP contribution in [-0.2, 0) is 0 Å². The minimum atomic E-state index is 0.123. The van der Waals surface area contributed by atoms with Gasteiger partial charge in [-0.25, -0.2) is 0 Å². The van der Waals surface area contributed by atoms with Crippen LogP contribution in [-0.4, -0.2) is 5.11 Å². The number of phenols is 1. The highest BCUT2D eigenvalue weighted by Gasteiger charge is 1.98. The molecule has 0 spiro atoms. The maximum Gasteiger partial charge on any atom is 0.152 e. The van der Waals surface area contributed by atoms with Gasteiger partial charge in [-0.2, -0.15) is 5.26 Å². The Labute approximate surface area is 71.1 Å². The van der Waals surface area contributed by atoms with Gasteiger partial charge in [-0.3, -0.25) is 0 Å². The van der Waals surface area contributed by atoms with Crippen LogP contribution in [0, 0.1) is 30.1 Å². The predicted octanol–water partition coefficient (Wildman–Crippen LogP) is 1.58. The van der Waals surface area contributed by atoms with Gasteiger partial charge in [-0.15, -0.1) is 0 Å². The summed E-state index contributed by atoms with van der Waals surface area (Å²) >= 11 is 0. The molecule has 1 aromatic carbocycles. The highest BCUT2D eigenvalue weighted by molar-refractivity contribution is 5.51. The fourth-order valence-corrected chi connectivity index (χ4v) is 0.905. The standard InChI is InChI=1S/C10H7NO/c1-8-4-2-6-10(12)9(8)5-3-7-11/h2,4,6,12H,1H3. The van der Waals surface area contributed by atoms with Gasteiger partial charge in [0.2, 0.25) is 0 Å². The summed E-state index contributed by atoms with van der Waals surface area (Å²) in [7, 11) is 0. The quantitative estimate of drug-likeness (QED) is 0.581. The van der Waals surface area contributed by atoms with Crippen molar-refractivity contribution < 1.29 is 5.11 Å². The van der Waals surface area contributed by atoms with Crippen molar-refractivity contribution in [3.05, 3.63) is 29.3 Å². The van der Waals surface area contributed by atoms with Gasteiger partial charge in [0, 0.05) is 5.92 Å². The van der Waals surface area contributed by atoms with E-state index in [0.29, 0.717) is 5.56 Å². The van der Waals surface area contributed by atoms with E-state index >= 15 is 0 Å². The number of aromatic hydroxyl groups is 1. The van der Waals surface area contributed by atoms with Crippen LogP contribution in [0.1, 0.15) is 11.1 Å². The summed E-state index contributed by atoms with van der Waals surface area (Å²) in [4.78, 5) is 0. The molecule has 58 valence electrons. The van der Waals surface area contributed by atoms with Crippen LogP contribution in [0.4, 0.5) is 0 Å². The van der Waals surface area contributed by atoms with Gasteiger partial charge in [0.25, 0.3) is 0 Å². The molecule has 0 saturated carbocycles. The molecule has 12 heavy (non-hydrogen) atoms. The first-order valence-electron chi connectivity index (χ1n) is 3.44. The van der Waals surface area contributed by atoms with Crippen molar-refractivity contribution in [1.29, 1.82) is 5.26 Å². The lowest BCUT2D eigenvalue weighted by Gasteiger charge is -1.98. The Hall–Kier alpha value is -1.93. The molecule has 0 aliphatic heterocycles. The minimum Gasteiger partial charge on any atom is -0.507 e. The van der Waals surface area contributed by atoms with E-state index < -0.39 is 0 Å². The molecule has 0 atom stereocenters. The molecular weight excluding hydrogens is 150 g/mol. The first-order valence-corrected chi connectivity index (χ1v) is 3.44. The SMILES string of the molecule is Cc1cccc(O)c1C#CC#N. The van der Waals surface area contributed by atoms with Crippen LogP contribution in [0.3, 0.4) is 0 Å². The fraction of sp³-hybridized carbons (Fsp3) is 0.100. The summed E-state index contributed by atoms with van der Waals surface area (Å²) in [6.45, 7) is 1.83. The number of nitriles is 1. The van der Waals surface area contributed by atoms with Gasteiger partial charge in [-0.05, 0) is 24.5 Å². The van der Waals surface area contributed by atoms with Crippen molar-refractivity contribution in [3.63, 3.8) is 0 Å². The Balaban J connectivity index is 3.24. The van der Waals surface area contributed by atoms with Crippen molar-refractivity contribution in [1.82, 2.24) is 0 Å². The zero-order valence-corrected chi connectivity index (χ0v) is 6.63. The minimum absolute atomic E-state index is 0.123. The molecule has 0 bridgehead atoms. The van der Waals surface area contributed by atoms with E-state index in [1.165, 1.54) is 0 Å². The highest BCUT2D eigenvalue weighted by atomic mass is 16.3. The third kappa shape index (κ3) is 1.56. The second kappa shape index (κ2) is 3.46. The Morgan fingerprint density at radius 2 is 2.17 bits per heavy atom. The molecule has 2 nitrogen and oxygen atoms in total. The molecule has 0 unspecified atom stereocenters. The van der Waals surface area contributed by atoms with Crippen LogP contribution >= 0.6 is 0 Å². The van der Waals surface area contributed by atoms with Crippen molar-refractivity contribution in [2.75, 3.05) is 0 Å². The summed E-state index contributed by atoms with van der Waals surface area (Å²) in [5.74, 6) is 4.93. The topological polar surface area (TPSA) is 44.0 Å². The highest BCUT2D eigenvalue weighted by Crippen LogP contribution is 2.18. The normalized spacial score (nSPS) is 8.00. The molecular formula is C10H7NO. The number of rotatable bonds is 0. The lowest BCUT2D eigenvalue weighted by Crippen LogP contribution is -1.81. The van der Waals surface area contributed by atoms with Crippen molar-refractivity contribution in [2.24, 2.45) is 0 Å². The summed E-state index contributed by atoms with van der Waals surface area (Å²) < 4.78 is 0. The second-order valence-corrected chi connectivity index (χ2v) is 2.33. The van der Waals surface area contributed by atoms with Gasteiger partial charge >= 0.3 is 0 Å². The first-order chi connectivity index (χ1) is 5.75. The van der Waals surface area contributed by atoms with Gasteiger partial charge in [-0.1, -0.05) is 12.1 Å². The summed E-state index contributed by atoms with van der Waals surface area (Å²) in [6, 6.07) is 6.82. The lowest BCUT2D eigenvalue weighted by molar-refractivity contribution is 0.473. The van der Waals surface area contributed by atoms with Crippen LogP contribution in [0.25, 0.3) is 0 Å². The maximum absolute atomic E-state index is 9.31. The summed E-state index contributed by atoms with van der Waals surface area (Å²) in [5, 5.41) is 17.5. The van der Waals surface area contributed by atoms with E-state index in [2.05, 4.69) is 11.8 Å². The molecule has 1 rings (SSSR count). The monoisotopic (exact) mass is 157 g/mol. The van der Waals surface area contributed by atoms with E-state index in [4.69, 9.17) is 5.26 Å². The van der Waals surface area contributed by atoms with Gasteiger partial charge in [0.05, 0.1) is 5.56 Å². The Morgan fingerprint density at radius 1 is 1.42 bits per heavy atom. The van der Waals surface area contributed by atoms with Crippen LogP contribution in [0.15, 0.2) is 18.2 Å². The number of hydrogen-bond acceptors (Lipinski definition) is 2. The molecule has 2 heteroatoms. The van der Waals surface area contributed by atoms with Gasteiger partial charge in [0.1, 0.15) is 5.75 Å². The van der Waals surface area contributed by atoms with Crippen LogP contribution in [0.5, 0.6) is 5.75 Å². The Kier molecular flexibility index (Phi) is 2.35. The van der Waals surface area contributed by atoms with Crippen molar-refractivity contribution in [3.8, 4) is 23.7 Å². The second-order valence-electron chi connectivity index (χ2n) is 2.33. The van der Waals surface area contributed by atoms with E-state index in [1.807, 2.05) is 13.0 Å². The van der Waals surface area contributed by atoms with Gasteiger partial charge < -0.3 is 5.11 Å². The predicted molar refractivity (Wildman–Crippen MR) is 45.3 cm³/mol. The summed E-state index contributed by atoms with van der Waals surface area (Å²) in [6.07, 6.45) is 0. The van der Waals surface area contributed by atoms with Crippen LogP contribution < -0.4 is 0 Å². The Morgan fingerprint density at radius 3 is 2.75 bits per heavy atom. The molecule has 0 amide bonds. The van der Waals surface area contributed by atoms with E-state index in [0.717, 1.165) is 5.56 Å². The lowest BCUT2D eigenvalue weighted by atomic mass is 10.1. The number of phenolic OH excluding ortho intramolecular Hbond substituents is 1. The molecule has 1 aromatic rings. The molecule has 0 fully saturated rings. The molecule has 0 aliphatic rings. The average molecular weight is 157 g/mol. The van der Waals surface area contributed by atoms with Crippen molar-refractivity contribution >= 4 is 0 Å². The van der Waals surface area contributed by atoms with E-state index in [1.54, 1.807) is 18.2 Å². The molecule has 0 saturated heterocycles. The molecule has 0 heterocycles. The zero-order chi connectivity index (χ0) is 8.97.